The van der Waals surface area contributed by atoms with Crippen molar-refractivity contribution in [2.45, 2.75) is 19.9 Å². The van der Waals surface area contributed by atoms with Gasteiger partial charge in [-0.25, -0.2) is 4.98 Å². The molecule has 0 amide bonds. The summed E-state index contributed by atoms with van der Waals surface area (Å²) in [5.41, 5.74) is 2.96. The lowest BCUT2D eigenvalue weighted by molar-refractivity contribution is 0.296. The van der Waals surface area contributed by atoms with E-state index in [1.165, 1.54) is 0 Å². The quantitative estimate of drug-likeness (QED) is 0.876. The lowest BCUT2D eigenvalue weighted by atomic mass is 10.1. The van der Waals surface area contributed by atoms with Crippen molar-refractivity contribution in [1.29, 1.82) is 0 Å². The Morgan fingerprint density at radius 1 is 1.29 bits per heavy atom. The number of hydrogen-bond donors (Lipinski definition) is 1. The number of ether oxygens (including phenoxy) is 2. The number of pyridine rings is 1. The van der Waals surface area contributed by atoms with Crippen molar-refractivity contribution in [3.05, 3.63) is 46.7 Å². The standard InChI is InChI=1S/C16H17ClN2O2/c1-11-8-13(10-19-16(11)17)18-9-12-4-2-5-14-15(12)21-7-3-6-20-14/h2,4-5,8,10,18H,3,6-7,9H2,1H3. The van der Waals surface area contributed by atoms with Crippen LogP contribution in [0.2, 0.25) is 5.15 Å². The Morgan fingerprint density at radius 3 is 3.00 bits per heavy atom. The zero-order valence-corrected chi connectivity index (χ0v) is 12.6. The SMILES string of the molecule is Cc1cc(NCc2cccc3c2OCCCO3)cnc1Cl. The van der Waals surface area contributed by atoms with E-state index in [0.29, 0.717) is 24.9 Å². The predicted molar refractivity (Wildman–Crippen MR) is 83.4 cm³/mol. The van der Waals surface area contributed by atoms with Gasteiger partial charge in [0.25, 0.3) is 0 Å². The summed E-state index contributed by atoms with van der Waals surface area (Å²) in [5, 5.41) is 3.88. The van der Waals surface area contributed by atoms with E-state index < -0.39 is 0 Å². The van der Waals surface area contributed by atoms with Gasteiger partial charge in [0.2, 0.25) is 0 Å². The summed E-state index contributed by atoms with van der Waals surface area (Å²) >= 11 is 5.94. The molecule has 2 aromatic rings. The Morgan fingerprint density at radius 2 is 2.14 bits per heavy atom. The van der Waals surface area contributed by atoms with Crippen molar-refractivity contribution < 1.29 is 9.47 Å². The monoisotopic (exact) mass is 304 g/mol. The number of nitrogens with one attached hydrogen (secondary N) is 1. The highest BCUT2D eigenvalue weighted by Gasteiger charge is 2.14. The first-order valence-corrected chi connectivity index (χ1v) is 7.35. The fraction of sp³-hybridized carbons (Fsp3) is 0.312. The molecule has 4 nitrogen and oxygen atoms in total. The second-order valence-electron chi connectivity index (χ2n) is 4.98. The number of nitrogens with zero attached hydrogens (tertiary/aromatic N) is 1. The normalized spacial score (nSPS) is 13.6. The fourth-order valence-electron chi connectivity index (χ4n) is 2.25. The summed E-state index contributed by atoms with van der Waals surface area (Å²) in [7, 11) is 0. The van der Waals surface area contributed by atoms with Gasteiger partial charge in [-0.2, -0.15) is 0 Å². The topological polar surface area (TPSA) is 43.4 Å². The number of aromatic nitrogens is 1. The summed E-state index contributed by atoms with van der Waals surface area (Å²) in [6.07, 6.45) is 2.64. The van der Waals surface area contributed by atoms with Gasteiger partial charge in [-0.05, 0) is 24.6 Å². The van der Waals surface area contributed by atoms with Crippen LogP contribution in [0.25, 0.3) is 0 Å². The Bertz CT molecular complexity index is 646. The lowest BCUT2D eigenvalue weighted by Crippen LogP contribution is -2.04. The average Bonchev–Trinajstić information content (AvgIpc) is 2.74. The van der Waals surface area contributed by atoms with E-state index in [-0.39, 0.29) is 0 Å². The second-order valence-corrected chi connectivity index (χ2v) is 5.34. The number of para-hydroxylation sites is 1. The van der Waals surface area contributed by atoms with Crippen LogP contribution < -0.4 is 14.8 Å². The van der Waals surface area contributed by atoms with Gasteiger partial charge in [-0.15, -0.1) is 0 Å². The maximum Gasteiger partial charge on any atom is 0.166 e. The number of halogens is 1. The molecule has 1 N–H and O–H groups in total. The molecule has 2 heterocycles. The molecule has 110 valence electrons. The first-order chi connectivity index (χ1) is 10.2. The van der Waals surface area contributed by atoms with Crippen LogP contribution in [0, 0.1) is 6.92 Å². The van der Waals surface area contributed by atoms with E-state index in [0.717, 1.165) is 34.7 Å². The Labute approximate surface area is 129 Å². The Hall–Kier alpha value is -1.94. The maximum atomic E-state index is 5.94. The number of hydrogen-bond acceptors (Lipinski definition) is 4. The van der Waals surface area contributed by atoms with Gasteiger partial charge >= 0.3 is 0 Å². The summed E-state index contributed by atoms with van der Waals surface area (Å²) < 4.78 is 11.5. The highest BCUT2D eigenvalue weighted by Crippen LogP contribution is 2.33. The van der Waals surface area contributed by atoms with Crippen molar-refractivity contribution in [3.8, 4) is 11.5 Å². The summed E-state index contributed by atoms with van der Waals surface area (Å²) in [5.74, 6) is 1.65. The van der Waals surface area contributed by atoms with Crippen molar-refractivity contribution in [3.63, 3.8) is 0 Å². The molecule has 0 fully saturated rings. The van der Waals surface area contributed by atoms with E-state index in [2.05, 4.69) is 10.3 Å². The molecule has 0 bridgehead atoms. The molecule has 21 heavy (non-hydrogen) atoms. The zero-order valence-electron chi connectivity index (χ0n) is 11.9. The minimum Gasteiger partial charge on any atom is -0.490 e. The molecule has 1 aromatic carbocycles. The summed E-state index contributed by atoms with van der Waals surface area (Å²) in [4.78, 5) is 4.14. The summed E-state index contributed by atoms with van der Waals surface area (Å²) in [6.45, 7) is 3.97. The highest BCUT2D eigenvalue weighted by atomic mass is 35.5. The second kappa shape index (κ2) is 6.22. The molecular formula is C16H17ClN2O2. The molecule has 0 aliphatic carbocycles. The van der Waals surface area contributed by atoms with Gasteiger partial charge in [0.05, 0.1) is 25.1 Å². The van der Waals surface area contributed by atoms with Crippen LogP contribution in [0.5, 0.6) is 11.5 Å². The summed E-state index contributed by atoms with van der Waals surface area (Å²) in [6, 6.07) is 7.94. The molecule has 0 atom stereocenters. The smallest absolute Gasteiger partial charge is 0.166 e. The van der Waals surface area contributed by atoms with Crippen molar-refractivity contribution in [1.82, 2.24) is 4.98 Å². The first kappa shape index (κ1) is 14.0. The largest absolute Gasteiger partial charge is 0.490 e. The maximum absolute atomic E-state index is 5.94. The molecule has 5 heteroatoms. The van der Waals surface area contributed by atoms with Crippen LogP contribution in [-0.4, -0.2) is 18.2 Å². The average molecular weight is 305 g/mol. The van der Waals surface area contributed by atoms with Gasteiger partial charge in [-0.3, -0.25) is 0 Å². The number of fused-ring (bicyclic) bond motifs is 1. The van der Waals surface area contributed by atoms with Crippen molar-refractivity contribution in [2.75, 3.05) is 18.5 Å². The fourth-order valence-corrected chi connectivity index (χ4v) is 2.35. The first-order valence-electron chi connectivity index (χ1n) is 6.97. The molecule has 3 rings (SSSR count). The van der Waals surface area contributed by atoms with Gasteiger partial charge in [0.1, 0.15) is 5.15 Å². The third kappa shape index (κ3) is 3.22. The van der Waals surface area contributed by atoms with Gasteiger partial charge < -0.3 is 14.8 Å². The van der Waals surface area contributed by atoms with Gasteiger partial charge in [0.15, 0.2) is 11.5 Å². The number of benzene rings is 1. The molecule has 1 aliphatic heterocycles. The lowest BCUT2D eigenvalue weighted by Gasteiger charge is -2.13. The van der Waals surface area contributed by atoms with Crippen LogP contribution in [0.15, 0.2) is 30.5 Å². The van der Waals surface area contributed by atoms with Crippen LogP contribution in [-0.2, 0) is 6.54 Å². The zero-order chi connectivity index (χ0) is 14.7. The minimum absolute atomic E-state index is 0.533. The number of aryl methyl sites for hydroxylation is 1. The third-order valence-electron chi connectivity index (χ3n) is 3.35. The van der Waals surface area contributed by atoms with E-state index in [1.54, 1.807) is 6.20 Å². The molecule has 0 radical (unpaired) electrons. The van der Waals surface area contributed by atoms with Crippen molar-refractivity contribution >= 4 is 17.3 Å². The number of anilines is 1. The molecule has 0 spiro atoms. The molecular weight excluding hydrogens is 288 g/mol. The Balaban J connectivity index is 1.77. The van der Waals surface area contributed by atoms with E-state index in [9.17, 15) is 0 Å². The van der Waals surface area contributed by atoms with E-state index in [4.69, 9.17) is 21.1 Å². The third-order valence-corrected chi connectivity index (χ3v) is 3.75. The van der Waals surface area contributed by atoms with Crippen LogP contribution in [0.1, 0.15) is 17.5 Å². The van der Waals surface area contributed by atoms with Crippen LogP contribution in [0.3, 0.4) is 0 Å². The van der Waals surface area contributed by atoms with Gasteiger partial charge in [-0.1, -0.05) is 23.7 Å². The molecule has 0 saturated heterocycles. The van der Waals surface area contributed by atoms with Gasteiger partial charge in [0, 0.05) is 18.5 Å². The van der Waals surface area contributed by atoms with Crippen LogP contribution in [0.4, 0.5) is 5.69 Å². The molecule has 0 saturated carbocycles. The molecule has 1 aliphatic rings. The molecule has 1 aromatic heterocycles. The van der Waals surface area contributed by atoms with Crippen molar-refractivity contribution in [2.24, 2.45) is 0 Å². The molecule has 0 unspecified atom stereocenters. The van der Waals surface area contributed by atoms with E-state index in [1.807, 2.05) is 31.2 Å². The van der Waals surface area contributed by atoms with E-state index >= 15 is 0 Å². The highest BCUT2D eigenvalue weighted by molar-refractivity contribution is 6.30. The minimum atomic E-state index is 0.533. The number of rotatable bonds is 3. The Kier molecular flexibility index (Phi) is 4.15. The van der Waals surface area contributed by atoms with Crippen LogP contribution >= 0.6 is 11.6 Å². The predicted octanol–water partition coefficient (Wildman–Crippen LogP) is 3.82.